The van der Waals surface area contributed by atoms with Crippen molar-refractivity contribution in [2.75, 3.05) is 10.2 Å². The van der Waals surface area contributed by atoms with E-state index in [2.05, 4.69) is 10.3 Å². The number of hydrogen-bond acceptors (Lipinski definition) is 5. The normalized spacial score (nSPS) is 10.9. The van der Waals surface area contributed by atoms with Crippen molar-refractivity contribution >= 4 is 57.3 Å². The topological polar surface area (TPSA) is 86.1 Å². The van der Waals surface area contributed by atoms with Gasteiger partial charge in [0.2, 0.25) is 5.91 Å². The van der Waals surface area contributed by atoms with E-state index in [4.69, 9.17) is 11.6 Å². The molecule has 0 unspecified atom stereocenters. The summed E-state index contributed by atoms with van der Waals surface area (Å²) in [4.78, 5) is 30.5. The molecule has 1 heterocycles. The molecule has 1 N–H and O–H groups in total. The SMILES string of the molecule is CC(=O)N(c1cccc(Cl)c1)c1nc(/C=C(\C#N)C(=O)Nc2ccc(C)cc2)cs1. The Morgan fingerprint density at radius 3 is 2.60 bits per heavy atom. The minimum Gasteiger partial charge on any atom is -0.321 e. The van der Waals surface area contributed by atoms with Gasteiger partial charge in [-0.05, 0) is 43.3 Å². The van der Waals surface area contributed by atoms with Crippen LogP contribution in [-0.4, -0.2) is 16.8 Å². The average molecular weight is 437 g/mol. The number of nitrogens with one attached hydrogen (secondary N) is 1. The van der Waals surface area contributed by atoms with Crippen molar-refractivity contribution in [1.29, 1.82) is 5.26 Å². The van der Waals surface area contributed by atoms with E-state index in [0.29, 0.717) is 27.2 Å². The van der Waals surface area contributed by atoms with E-state index in [-0.39, 0.29) is 11.5 Å². The summed E-state index contributed by atoms with van der Waals surface area (Å²) in [5.41, 5.74) is 2.55. The third-order valence-corrected chi connectivity index (χ3v) is 5.13. The van der Waals surface area contributed by atoms with Gasteiger partial charge in [-0.1, -0.05) is 35.4 Å². The predicted octanol–water partition coefficient (Wildman–Crippen LogP) is 5.34. The lowest BCUT2D eigenvalue weighted by Crippen LogP contribution is -2.22. The molecular weight excluding hydrogens is 420 g/mol. The quantitative estimate of drug-likeness (QED) is 0.432. The van der Waals surface area contributed by atoms with Crippen LogP contribution in [0.3, 0.4) is 0 Å². The maximum atomic E-state index is 12.4. The smallest absolute Gasteiger partial charge is 0.266 e. The van der Waals surface area contributed by atoms with E-state index in [0.717, 1.165) is 5.56 Å². The fraction of sp³-hybridized carbons (Fsp3) is 0.0909. The summed E-state index contributed by atoms with van der Waals surface area (Å²) in [7, 11) is 0. The molecule has 0 atom stereocenters. The number of carbonyl (C=O) groups excluding carboxylic acids is 2. The van der Waals surface area contributed by atoms with Crippen LogP contribution in [0.4, 0.5) is 16.5 Å². The van der Waals surface area contributed by atoms with E-state index >= 15 is 0 Å². The summed E-state index contributed by atoms with van der Waals surface area (Å²) in [6.07, 6.45) is 1.39. The van der Waals surface area contributed by atoms with Crippen LogP contribution in [-0.2, 0) is 9.59 Å². The number of amides is 2. The lowest BCUT2D eigenvalue weighted by atomic mass is 10.2. The molecule has 2 amide bonds. The number of hydrogen-bond donors (Lipinski definition) is 1. The van der Waals surface area contributed by atoms with Gasteiger partial charge in [0, 0.05) is 23.0 Å². The summed E-state index contributed by atoms with van der Waals surface area (Å²) in [5.74, 6) is -0.770. The number of rotatable bonds is 5. The Morgan fingerprint density at radius 1 is 1.23 bits per heavy atom. The van der Waals surface area contributed by atoms with E-state index < -0.39 is 5.91 Å². The molecule has 0 fully saturated rings. The van der Waals surface area contributed by atoms with Gasteiger partial charge in [0.25, 0.3) is 5.91 Å². The number of halogens is 1. The second kappa shape index (κ2) is 9.35. The van der Waals surface area contributed by atoms with Crippen LogP contribution >= 0.6 is 22.9 Å². The molecule has 3 aromatic rings. The van der Waals surface area contributed by atoms with Crippen LogP contribution in [0.2, 0.25) is 5.02 Å². The third kappa shape index (κ3) is 5.11. The number of aryl methyl sites for hydroxylation is 1. The highest BCUT2D eigenvalue weighted by molar-refractivity contribution is 7.14. The number of aromatic nitrogens is 1. The Morgan fingerprint density at radius 2 is 1.97 bits per heavy atom. The highest BCUT2D eigenvalue weighted by Gasteiger charge is 2.18. The van der Waals surface area contributed by atoms with Gasteiger partial charge in [-0.3, -0.25) is 14.5 Å². The Bertz CT molecular complexity index is 1160. The van der Waals surface area contributed by atoms with Crippen molar-refractivity contribution in [3.8, 4) is 6.07 Å². The van der Waals surface area contributed by atoms with E-state index in [1.54, 1.807) is 41.8 Å². The van der Waals surface area contributed by atoms with Gasteiger partial charge in [0.15, 0.2) is 5.13 Å². The van der Waals surface area contributed by atoms with E-state index in [1.807, 2.05) is 25.1 Å². The lowest BCUT2D eigenvalue weighted by Gasteiger charge is -2.18. The Kier molecular flexibility index (Phi) is 6.62. The van der Waals surface area contributed by atoms with Gasteiger partial charge in [-0.25, -0.2) is 4.98 Å². The van der Waals surface area contributed by atoms with Crippen LogP contribution in [0, 0.1) is 18.3 Å². The summed E-state index contributed by atoms with van der Waals surface area (Å²) >= 11 is 7.26. The number of benzene rings is 2. The molecule has 3 rings (SSSR count). The molecule has 0 spiro atoms. The van der Waals surface area contributed by atoms with Gasteiger partial charge in [-0.2, -0.15) is 5.26 Å². The maximum Gasteiger partial charge on any atom is 0.266 e. The molecule has 2 aromatic carbocycles. The molecular formula is C22H17ClN4O2S. The van der Waals surface area contributed by atoms with Crippen LogP contribution in [0.25, 0.3) is 6.08 Å². The highest BCUT2D eigenvalue weighted by atomic mass is 35.5. The average Bonchev–Trinajstić information content (AvgIpc) is 3.15. The molecule has 150 valence electrons. The van der Waals surface area contributed by atoms with E-state index in [9.17, 15) is 14.9 Å². The molecule has 0 aliphatic rings. The second-order valence-corrected chi connectivity index (χ2v) is 7.65. The minimum atomic E-state index is -0.533. The zero-order valence-electron chi connectivity index (χ0n) is 16.2. The number of thiazole rings is 1. The highest BCUT2D eigenvalue weighted by Crippen LogP contribution is 2.31. The molecule has 30 heavy (non-hydrogen) atoms. The van der Waals surface area contributed by atoms with Crippen molar-refractivity contribution < 1.29 is 9.59 Å². The first-order valence-electron chi connectivity index (χ1n) is 8.89. The molecule has 0 aliphatic heterocycles. The summed E-state index contributed by atoms with van der Waals surface area (Å²) in [6.45, 7) is 3.37. The number of nitrogens with zero attached hydrogens (tertiary/aromatic N) is 3. The fourth-order valence-corrected chi connectivity index (χ4v) is 3.65. The fourth-order valence-electron chi connectivity index (χ4n) is 2.62. The first-order valence-corrected chi connectivity index (χ1v) is 10.1. The molecule has 0 aliphatic carbocycles. The minimum absolute atomic E-state index is 0.0930. The number of carbonyl (C=O) groups is 2. The van der Waals surface area contributed by atoms with Gasteiger partial charge in [0.1, 0.15) is 11.6 Å². The summed E-state index contributed by atoms with van der Waals surface area (Å²) in [5, 5.41) is 14.7. The van der Waals surface area contributed by atoms with Crippen molar-refractivity contribution in [3.05, 3.63) is 75.8 Å². The first-order chi connectivity index (χ1) is 14.4. The largest absolute Gasteiger partial charge is 0.321 e. The lowest BCUT2D eigenvalue weighted by molar-refractivity contribution is -0.116. The molecule has 0 radical (unpaired) electrons. The van der Waals surface area contributed by atoms with Crippen molar-refractivity contribution in [2.45, 2.75) is 13.8 Å². The monoisotopic (exact) mass is 436 g/mol. The molecule has 0 saturated carbocycles. The van der Waals surface area contributed by atoms with Gasteiger partial charge in [0.05, 0.1) is 11.4 Å². The number of nitriles is 1. The summed E-state index contributed by atoms with van der Waals surface area (Å²) in [6, 6.07) is 16.0. The molecule has 8 heteroatoms. The zero-order chi connectivity index (χ0) is 21.7. The van der Waals surface area contributed by atoms with Crippen LogP contribution < -0.4 is 10.2 Å². The number of anilines is 3. The first kappa shape index (κ1) is 21.2. The van der Waals surface area contributed by atoms with E-state index in [1.165, 1.54) is 29.2 Å². The van der Waals surface area contributed by atoms with Crippen LogP contribution in [0.5, 0.6) is 0 Å². The third-order valence-electron chi connectivity index (χ3n) is 4.05. The Hall–Kier alpha value is -3.47. The summed E-state index contributed by atoms with van der Waals surface area (Å²) < 4.78 is 0. The molecule has 0 saturated heterocycles. The van der Waals surface area contributed by atoms with Crippen LogP contribution in [0.1, 0.15) is 18.2 Å². The Labute approximate surface area is 183 Å². The zero-order valence-corrected chi connectivity index (χ0v) is 17.8. The Balaban J connectivity index is 1.84. The van der Waals surface area contributed by atoms with Gasteiger partial charge < -0.3 is 5.32 Å². The van der Waals surface area contributed by atoms with Crippen molar-refractivity contribution in [1.82, 2.24) is 4.98 Å². The van der Waals surface area contributed by atoms with Gasteiger partial charge in [-0.15, -0.1) is 11.3 Å². The van der Waals surface area contributed by atoms with Crippen LogP contribution in [0.15, 0.2) is 59.5 Å². The molecule has 6 nitrogen and oxygen atoms in total. The maximum absolute atomic E-state index is 12.4. The van der Waals surface area contributed by atoms with Crippen molar-refractivity contribution in [3.63, 3.8) is 0 Å². The molecule has 0 bridgehead atoms. The van der Waals surface area contributed by atoms with Gasteiger partial charge >= 0.3 is 0 Å². The second-order valence-electron chi connectivity index (χ2n) is 6.38. The predicted molar refractivity (Wildman–Crippen MR) is 120 cm³/mol. The standard InChI is InChI=1S/C22H17ClN4O2S/c1-14-6-8-18(9-7-14)25-21(29)16(12-24)10-19-13-30-22(26-19)27(15(2)28)20-5-3-4-17(23)11-20/h3-11,13H,1-2H3,(H,25,29)/b16-10+. The molecule has 1 aromatic heterocycles. The van der Waals surface area contributed by atoms with Crippen molar-refractivity contribution in [2.24, 2.45) is 0 Å².